The van der Waals surface area contributed by atoms with Crippen molar-refractivity contribution in [2.45, 2.75) is 0 Å². The van der Waals surface area contributed by atoms with Gasteiger partial charge in [0.15, 0.2) is 0 Å². The second kappa shape index (κ2) is 6.83. The summed E-state index contributed by atoms with van der Waals surface area (Å²) in [4.78, 5) is 2.49. The second-order valence-corrected chi connectivity index (χ2v) is 6.26. The number of furan rings is 1. The molecule has 24 heavy (non-hydrogen) atoms. The molecule has 0 bridgehead atoms. The fourth-order valence-corrected chi connectivity index (χ4v) is 2.71. The van der Waals surface area contributed by atoms with Crippen molar-refractivity contribution < 1.29 is 4.42 Å². The fraction of sp³-hybridized carbons (Fsp3) is 0.105. The van der Waals surface area contributed by atoms with E-state index in [4.69, 9.17) is 14.8 Å². The van der Waals surface area contributed by atoms with Gasteiger partial charge in [-0.2, -0.15) is 5.26 Å². The van der Waals surface area contributed by atoms with Crippen molar-refractivity contribution in [2.75, 3.05) is 19.0 Å². The van der Waals surface area contributed by atoms with Crippen LogP contribution >= 0.6 is 11.9 Å². The van der Waals surface area contributed by atoms with E-state index in [1.807, 2.05) is 38.4 Å². The van der Waals surface area contributed by atoms with E-state index in [9.17, 15) is 0 Å². The zero-order valence-electron chi connectivity index (χ0n) is 13.5. The van der Waals surface area contributed by atoms with Crippen molar-refractivity contribution in [1.82, 2.24) is 0 Å². The maximum Gasteiger partial charge on any atom is 0.134 e. The average Bonchev–Trinajstić information content (AvgIpc) is 3.07. The molecule has 1 heterocycles. The number of fused-ring (bicyclic) bond motifs is 1. The van der Waals surface area contributed by atoms with E-state index >= 15 is 0 Å². The highest BCUT2D eigenvalue weighted by Crippen LogP contribution is 2.29. The maximum absolute atomic E-state index is 8.93. The molecule has 0 saturated heterocycles. The SMILES string of the molecule is CN(C)c1ccc2cc(-c3ccc(/C=C(\C#N)SN)o3)ccc2c1. The van der Waals surface area contributed by atoms with Gasteiger partial charge >= 0.3 is 0 Å². The minimum absolute atomic E-state index is 0.408. The molecule has 0 amide bonds. The first-order valence-corrected chi connectivity index (χ1v) is 8.28. The molecular weight excluding hydrogens is 318 g/mol. The number of rotatable bonds is 4. The third kappa shape index (κ3) is 3.30. The first-order chi connectivity index (χ1) is 11.6. The van der Waals surface area contributed by atoms with Crippen LogP contribution in [0, 0.1) is 11.3 Å². The highest BCUT2D eigenvalue weighted by molar-refractivity contribution is 8.01. The Morgan fingerprint density at radius 2 is 1.88 bits per heavy atom. The summed E-state index contributed by atoms with van der Waals surface area (Å²) in [6, 6.07) is 18.4. The standard InChI is InChI=1S/C19H17N3OS/c1-22(2)16-6-5-13-9-15(4-3-14(13)10-16)19-8-7-17(23-19)11-18(12-20)24-21/h3-11H,21H2,1-2H3/b18-11+. The minimum atomic E-state index is 0.408. The molecule has 1 aromatic heterocycles. The predicted molar refractivity (Wildman–Crippen MR) is 101 cm³/mol. The topological polar surface area (TPSA) is 66.2 Å². The molecule has 0 fully saturated rings. The maximum atomic E-state index is 8.93. The van der Waals surface area contributed by atoms with Crippen molar-refractivity contribution in [3.63, 3.8) is 0 Å². The van der Waals surface area contributed by atoms with Gasteiger partial charge in [0.1, 0.15) is 22.5 Å². The van der Waals surface area contributed by atoms with Gasteiger partial charge in [-0.05, 0) is 53.1 Å². The Kier molecular flexibility index (Phi) is 4.61. The van der Waals surface area contributed by atoms with Crippen molar-refractivity contribution in [3.05, 3.63) is 59.2 Å². The number of nitrogens with zero attached hydrogens (tertiary/aromatic N) is 2. The molecule has 0 spiro atoms. The summed E-state index contributed by atoms with van der Waals surface area (Å²) >= 11 is 0.911. The van der Waals surface area contributed by atoms with Crippen LogP contribution in [0.3, 0.4) is 0 Å². The van der Waals surface area contributed by atoms with E-state index in [0.717, 1.165) is 28.7 Å². The third-order valence-corrected chi connectivity index (χ3v) is 4.23. The minimum Gasteiger partial charge on any atom is -0.457 e. The number of nitriles is 1. The number of allylic oxidation sites excluding steroid dienone is 1. The third-order valence-electron chi connectivity index (χ3n) is 3.76. The number of anilines is 1. The van der Waals surface area contributed by atoms with Crippen LogP contribution in [-0.4, -0.2) is 14.1 Å². The van der Waals surface area contributed by atoms with Gasteiger partial charge in [-0.1, -0.05) is 18.2 Å². The van der Waals surface area contributed by atoms with Crippen molar-refractivity contribution in [2.24, 2.45) is 5.14 Å². The van der Waals surface area contributed by atoms with Crippen LogP contribution in [0.4, 0.5) is 5.69 Å². The van der Waals surface area contributed by atoms with Gasteiger partial charge in [0, 0.05) is 31.4 Å². The van der Waals surface area contributed by atoms with Crippen molar-refractivity contribution in [3.8, 4) is 17.4 Å². The Hall–Kier alpha value is -2.68. The smallest absolute Gasteiger partial charge is 0.134 e. The molecule has 3 rings (SSSR count). The highest BCUT2D eigenvalue weighted by Gasteiger charge is 2.06. The predicted octanol–water partition coefficient (Wildman–Crippen LogP) is 4.64. The summed E-state index contributed by atoms with van der Waals surface area (Å²) in [7, 11) is 4.06. The summed E-state index contributed by atoms with van der Waals surface area (Å²) in [5.74, 6) is 1.38. The first-order valence-electron chi connectivity index (χ1n) is 7.40. The van der Waals surface area contributed by atoms with E-state index in [-0.39, 0.29) is 0 Å². The van der Waals surface area contributed by atoms with Crippen molar-refractivity contribution in [1.29, 1.82) is 5.26 Å². The number of hydrogen-bond acceptors (Lipinski definition) is 5. The molecule has 0 aliphatic heterocycles. The molecule has 0 atom stereocenters. The Labute approximate surface area is 145 Å². The van der Waals surface area contributed by atoms with Crippen LogP contribution < -0.4 is 10.0 Å². The van der Waals surface area contributed by atoms with E-state index in [0.29, 0.717) is 10.7 Å². The van der Waals surface area contributed by atoms with Gasteiger partial charge in [-0.3, -0.25) is 5.14 Å². The second-order valence-electron chi connectivity index (χ2n) is 5.58. The van der Waals surface area contributed by atoms with Gasteiger partial charge < -0.3 is 9.32 Å². The zero-order valence-corrected chi connectivity index (χ0v) is 14.3. The molecule has 0 saturated carbocycles. The van der Waals surface area contributed by atoms with Crippen LogP contribution in [0.15, 0.2) is 57.9 Å². The van der Waals surface area contributed by atoms with Gasteiger partial charge in [0.25, 0.3) is 0 Å². The molecule has 4 nitrogen and oxygen atoms in total. The van der Waals surface area contributed by atoms with E-state index < -0.39 is 0 Å². The number of nitrogens with two attached hydrogens (primary N) is 1. The largest absolute Gasteiger partial charge is 0.457 e. The quantitative estimate of drug-likeness (QED) is 0.556. The molecule has 3 aromatic rings. The van der Waals surface area contributed by atoms with Crippen LogP contribution in [0.2, 0.25) is 0 Å². The van der Waals surface area contributed by atoms with Crippen LogP contribution in [0.5, 0.6) is 0 Å². The van der Waals surface area contributed by atoms with E-state index in [1.165, 1.54) is 11.1 Å². The summed E-state index contributed by atoms with van der Waals surface area (Å²) in [5.41, 5.74) is 2.17. The Morgan fingerprint density at radius 1 is 1.12 bits per heavy atom. The van der Waals surface area contributed by atoms with Crippen LogP contribution in [-0.2, 0) is 0 Å². The number of hydrogen-bond donors (Lipinski definition) is 1. The average molecular weight is 335 g/mol. The fourth-order valence-electron chi connectivity index (χ4n) is 2.47. The van der Waals surface area contributed by atoms with E-state index in [1.54, 1.807) is 6.08 Å². The number of benzene rings is 2. The van der Waals surface area contributed by atoms with Gasteiger partial charge in [-0.15, -0.1) is 0 Å². The molecule has 5 heteroatoms. The summed E-state index contributed by atoms with van der Waals surface area (Å²) in [6.45, 7) is 0. The normalized spacial score (nSPS) is 11.5. The lowest BCUT2D eigenvalue weighted by Gasteiger charge is -2.13. The first kappa shape index (κ1) is 16.2. The molecule has 0 aliphatic rings. The molecule has 0 aliphatic carbocycles. The van der Waals surface area contributed by atoms with Gasteiger partial charge in [0.2, 0.25) is 0 Å². The Balaban J connectivity index is 1.96. The molecule has 2 aromatic carbocycles. The molecule has 0 unspecified atom stereocenters. The molecule has 0 radical (unpaired) electrons. The molecule has 2 N–H and O–H groups in total. The molecular formula is C19H17N3OS. The lowest BCUT2D eigenvalue weighted by molar-refractivity contribution is 0.572. The van der Waals surface area contributed by atoms with Crippen LogP contribution in [0.25, 0.3) is 28.2 Å². The van der Waals surface area contributed by atoms with Crippen LogP contribution in [0.1, 0.15) is 5.76 Å². The summed E-state index contributed by atoms with van der Waals surface area (Å²) in [5, 5.41) is 16.7. The van der Waals surface area contributed by atoms with Crippen molar-refractivity contribution >= 4 is 34.5 Å². The zero-order chi connectivity index (χ0) is 17.1. The van der Waals surface area contributed by atoms with Gasteiger partial charge in [-0.25, -0.2) is 0 Å². The summed E-state index contributed by atoms with van der Waals surface area (Å²) in [6.07, 6.45) is 1.64. The highest BCUT2D eigenvalue weighted by atomic mass is 32.2. The van der Waals surface area contributed by atoms with E-state index in [2.05, 4.69) is 35.2 Å². The molecule has 120 valence electrons. The monoisotopic (exact) mass is 335 g/mol. The lowest BCUT2D eigenvalue weighted by atomic mass is 10.0. The lowest BCUT2D eigenvalue weighted by Crippen LogP contribution is -2.07. The van der Waals surface area contributed by atoms with Gasteiger partial charge in [0.05, 0.1) is 0 Å². The Bertz CT molecular complexity index is 951. The summed E-state index contributed by atoms with van der Waals surface area (Å²) < 4.78 is 5.81. The Morgan fingerprint density at radius 3 is 2.58 bits per heavy atom.